The van der Waals surface area contributed by atoms with Gasteiger partial charge in [-0.2, -0.15) is 5.10 Å². The first-order chi connectivity index (χ1) is 6.91. The summed E-state index contributed by atoms with van der Waals surface area (Å²) >= 11 is 0. The summed E-state index contributed by atoms with van der Waals surface area (Å²) in [6, 6.07) is 0. The maximum Gasteiger partial charge on any atom is 0.360 e. The molecular weight excluding hydrogens is 200 g/mol. The van der Waals surface area contributed by atoms with E-state index in [1.807, 2.05) is 0 Å². The van der Waals surface area contributed by atoms with E-state index in [1.165, 1.54) is 10.9 Å². The van der Waals surface area contributed by atoms with Crippen LogP contribution in [0.25, 0.3) is 0 Å². The molecular formula is C9H12N2O4. The normalized spacial score (nSPS) is 10.4. The van der Waals surface area contributed by atoms with Crippen molar-refractivity contribution < 1.29 is 19.4 Å². The van der Waals surface area contributed by atoms with Gasteiger partial charge in [-0.15, -0.1) is 0 Å². The van der Waals surface area contributed by atoms with Crippen LogP contribution in [0.5, 0.6) is 0 Å². The van der Waals surface area contributed by atoms with Gasteiger partial charge >= 0.3 is 11.9 Å². The van der Waals surface area contributed by atoms with E-state index in [9.17, 15) is 9.59 Å². The van der Waals surface area contributed by atoms with Crippen LogP contribution in [-0.2, 0) is 11.8 Å². The van der Waals surface area contributed by atoms with Crippen molar-refractivity contribution in [3.8, 4) is 0 Å². The lowest BCUT2D eigenvalue weighted by molar-refractivity contribution is 0.0363. The molecule has 1 aromatic rings. The lowest BCUT2D eigenvalue weighted by Crippen LogP contribution is -2.15. The van der Waals surface area contributed by atoms with Crippen LogP contribution in [0.1, 0.15) is 34.7 Å². The molecule has 15 heavy (non-hydrogen) atoms. The predicted molar refractivity (Wildman–Crippen MR) is 50.7 cm³/mol. The van der Waals surface area contributed by atoms with Crippen molar-refractivity contribution in [2.75, 3.05) is 0 Å². The highest BCUT2D eigenvalue weighted by molar-refractivity contribution is 6.00. The molecule has 0 saturated heterocycles. The topological polar surface area (TPSA) is 81.4 Å². The number of carbonyl (C=O) groups is 2. The number of carboxylic acid groups (broad SMARTS) is 1. The summed E-state index contributed by atoms with van der Waals surface area (Å²) < 4.78 is 6.13. The Morgan fingerprint density at radius 3 is 2.60 bits per heavy atom. The minimum absolute atomic E-state index is 0.150. The molecule has 0 saturated carbocycles. The van der Waals surface area contributed by atoms with Crippen LogP contribution in [0.3, 0.4) is 0 Å². The number of carboxylic acids is 1. The van der Waals surface area contributed by atoms with E-state index in [1.54, 1.807) is 20.9 Å². The van der Waals surface area contributed by atoms with E-state index < -0.39 is 11.9 Å². The van der Waals surface area contributed by atoms with Gasteiger partial charge in [-0.1, -0.05) is 0 Å². The number of esters is 1. The fourth-order valence-corrected chi connectivity index (χ4v) is 1.07. The zero-order valence-electron chi connectivity index (χ0n) is 8.72. The largest absolute Gasteiger partial charge is 0.478 e. The molecule has 0 atom stereocenters. The second-order valence-corrected chi connectivity index (χ2v) is 3.32. The van der Waals surface area contributed by atoms with Crippen molar-refractivity contribution in [1.82, 2.24) is 9.78 Å². The van der Waals surface area contributed by atoms with Crippen molar-refractivity contribution >= 4 is 11.9 Å². The van der Waals surface area contributed by atoms with Gasteiger partial charge in [0.1, 0.15) is 5.56 Å². The third kappa shape index (κ3) is 2.55. The number of aromatic carboxylic acids is 1. The molecule has 1 N–H and O–H groups in total. The van der Waals surface area contributed by atoms with Gasteiger partial charge < -0.3 is 9.84 Å². The number of ether oxygens (including phenoxy) is 1. The Bertz CT molecular complexity index is 395. The maximum absolute atomic E-state index is 11.4. The Kier molecular flexibility index (Phi) is 3.08. The predicted octanol–water partition coefficient (Wildman–Crippen LogP) is 0.683. The molecule has 0 aliphatic heterocycles. The standard InChI is InChI=1S/C9H12N2O4/c1-5(2)15-9(14)7-6(8(12)13)4-11(3)10-7/h4-5H,1-3H3,(H,12,13). The van der Waals surface area contributed by atoms with E-state index in [4.69, 9.17) is 9.84 Å². The quantitative estimate of drug-likeness (QED) is 0.745. The fourth-order valence-electron chi connectivity index (χ4n) is 1.07. The van der Waals surface area contributed by atoms with Gasteiger partial charge in [0.15, 0.2) is 5.69 Å². The van der Waals surface area contributed by atoms with Crippen LogP contribution in [0.15, 0.2) is 6.20 Å². The molecule has 0 bridgehead atoms. The second-order valence-electron chi connectivity index (χ2n) is 3.32. The van der Waals surface area contributed by atoms with Gasteiger partial charge in [0, 0.05) is 13.2 Å². The minimum atomic E-state index is -1.20. The van der Waals surface area contributed by atoms with Crippen molar-refractivity contribution in [2.24, 2.45) is 7.05 Å². The number of aromatic nitrogens is 2. The molecule has 0 unspecified atom stereocenters. The maximum atomic E-state index is 11.4. The molecule has 1 rings (SSSR count). The van der Waals surface area contributed by atoms with Crippen molar-refractivity contribution in [1.29, 1.82) is 0 Å². The average molecular weight is 212 g/mol. The van der Waals surface area contributed by atoms with E-state index in [2.05, 4.69) is 5.10 Å². The Morgan fingerprint density at radius 2 is 2.13 bits per heavy atom. The first-order valence-electron chi connectivity index (χ1n) is 4.39. The first-order valence-corrected chi connectivity index (χ1v) is 4.39. The minimum Gasteiger partial charge on any atom is -0.478 e. The summed E-state index contributed by atoms with van der Waals surface area (Å²) in [7, 11) is 1.54. The van der Waals surface area contributed by atoms with Crippen molar-refractivity contribution in [3.05, 3.63) is 17.5 Å². The highest BCUT2D eigenvalue weighted by Gasteiger charge is 2.22. The molecule has 1 aromatic heterocycles. The van der Waals surface area contributed by atoms with Gasteiger partial charge in [0.2, 0.25) is 0 Å². The molecule has 6 nitrogen and oxygen atoms in total. The Morgan fingerprint density at radius 1 is 1.53 bits per heavy atom. The van der Waals surface area contributed by atoms with Crippen LogP contribution in [0, 0.1) is 0 Å². The molecule has 0 aliphatic carbocycles. The average Bonchev–Trinajstić information content (AvgIpc) is 2.46. The van der Waals surface area contributed by atoms with E-state index in [0.29, 0.717) is 0 Å². The highest BCUT2D eigenvalue weighted by Crippen LogP contribution is 2.09. The van der Waals surface area contributed by atoms with Gasteiger partial charge in [-0.3, -0.25) is 4.68 Å². The number of rotatable bonds is 3. The SMILES string of the molecule is CC(C)OC(=O)c1nn(C)cc1C(=O)O. The number of hydrogen-bond donors (Lipinski definition) is 1. The Labute approximate surface area is 86.5 Å². The molecule has 0 spiro atoms. The van der Waals surface area contributed by atoms with E-state index in [-0.39, 0.29) is 17.4 Å². The first kappa shape index (κ1) is 11.2. The summed E-state index contributed by atoms with van der Waals surface area (Å²) in [4.78, 5) is 22.2. The molecule has 1 heterocycles. The molecule has 0 aliphatic rings. The molecule has 0 fully saturated rings. The van der Waals surface area contributed by atoms with Gasteiger partial charge in [-0.05, 0) is 13.8 Å². The smallest absolute Gasteiger partial charge is 0.360 e. The summed E-state index contributed by atoms with van der Waals surface area (Å²) in [5.74, 6) is -1.91. The monoisotopic (exact) mass is 212 g/mol. The van der Waals surface area contributed by atoms with Crippen molar-refractivity contribution in [2.45, 2.75) is 20.0 Å². The van der Waals surface area contributed by atoms with Gasteiger partial charge in [0.25, 0.3) is 0 Å². The second kappa shape index (κ2) is 4.12. The number of nitrogens with zero attached hydrogens (tertiary/aromatic N) is 2. The van der Waals surface area contributed by atoms with Crippen LogP contribution >= 0.6 is 0 Å². The number of hydrogen-bond acceptors (Lipinski definition) is 4. The zero-order valence-corrected chi connectivity index (χ0v) is 8.72. The third-order valence-corrected chi connectivity index (χ3v) is 1.60. The number of aryl methyl sites for hydroxylation is 1. The fraction of sp³-hybridized carbons (Fsp3) is 0.444. The van der Waals surface area contributed by atoms with Crippen LogP contribution in [0.2, 0.25) is 0 Å². The van der Waals surface area contributed by atoms with Crippen molar-refractivity contribution in [3.63, 3.8) is 0 Å². The zero-order chi connectivity index (χ0) is 11.6. The molecule has 0 amide bonds. The van der Waals surface area contributed by atoms with Gasteiger partial charge in [0.05, 0.1) is 6.10 Å². The van der Waals surface area contributed by atoms with Crippen LogP contribution < -0.4 is 0 Å². The van der Waals surface area contributed by atoms with Gasteiger partial charge in [-0.25, -0.2) is 9.59 Å². The molecule has 0 aromatic carbocycles. The summed E-state index contributed by atoms with van der Waals surface area (Å²) in [6.07, 6.45) is 0.959. The Hall–Kier alpha value is -1.85. The molecule has 82 valence electrons. The highest BCUT2D eigenvalue weighted by atomic mass is 16.5. The third-order valence-electron chi connectivity index (χ3n) is 1.60. The lowest BCUT2D eigenvalue weighted by Gasteiger charge is -2.05. The van der Waals surface area contributed by atoms with Crippen LogP contribution in [0.4, 0.5) is 0 Å². The van der Waals surface area contributed by atoms with E-state index in [0.717, 1.165) is 0 Å². The lowest BCUT2D eigenvalue weighted by atomic mass is 10.2. The van der Waals surface area contributed by atoms with Crippen LogP contribution in [-0.4, -0.2) is 32.9 Å². The number of carbonyl (C=O) groups excluding carboxylic acids is 1. The Balaban J connectivity index is 3.02. The summed E-state index contributed by atoms with van der Waals surface area (Å²) in [6.45, 7) is 3.36. The van der Waals surface area contributed by atoms with E-state index >= 15 is 0 Å². The summed E-state index contributed by atoms with van der Waals surface area (Å²) in [5, 5.41) is 12.5. The molecule has 0 radical (unpaired) electrons. The molecule has 6 heteroatoms. The summed E-state index contributed by atoms with van der Waals surface area (Å²) in [5.41, 5.74) is -0.318.